The van der Waals surface area contributed by atoms with Gasteiger partial charge in [0.25, 0.3) is 0 Å². The molecule has 0 heterocycles. The summed E-state index contributed by atoms with van der Waals surface area (Å²) in [5.74, 6) is 0. The maximum absolute atomic E-state index is 2.42. The molecule has 0 amide bonds. The van der Waals surface area contributed by atoms with Gasteiger partial charge in [-0.25, -0.2) is 0 Å². The third-order valence-electron chi connectivity index (χ3n) is 2.01. The molecule has 0 spiro atoms. The second-order valence-electron chi connectivity index (χ2n) is 2.83. The number of allylic oxidation sites excluding steroid dienone is 2. The van der Waals surface area contributed by atoms with Crippen LogP contribution >= 0.6 is 11.8 Å². The first kappa shape index (κ1) is 8.19. The molecule has 0 nitrogen and oxygen atoms in total. The molecule has 10 heavy (non-hydrogen) atoms. The molecule has 0 saturated carbocycles. The minimum absolute atomic E-state index is 1.32. The molecule has 0 fully saturated rings. The van der Waals surface area contributed by atoms with Crippen LogP contribution in [0.3, 0.4) is 0 Å². The predicted molar refractivity (Wildman–Crippen MR) is 49.3 cm³/mol. The Labute approximate surface area is 68.1 Å². The first-order valence-corrected chi connectivity index (χ1v) is 5.39. The van der Waals surface area contributed by atoms with Gasteiger partial charge in [-0.2, -0.15) is 0 Å². The topological polar surface area (TPSA) is 0 Å². The highest BCUT2D eigenvalue weighted by Gasteiger charge is 1.99. The first-order valence-electron chi connectivity index (χ1n) is 4.16. The van der Waals surface area contributed by atoms with Crippen molar-refractivity contribution < 1.29 is 0 Å². The van der Waals surface area contributed by atoms with Crippen LogP contribution in [-0.4, -0.2) is 6.26 Å². The van der Waals surface area contributed by atoms with E-state index in [9.17, 15) is 0 Å². The lowest BCUT2D eigenvalue weighted by atomic mass is 10.1. The van der Waals surface area contributed by atoms with Gasteiger partial charge in [-0.1, -0.05) is 18.9 Å². The molecule has 0 aliphatic heterocycles. The van der Waals surface area contributed by atoms with Crippen molar-refractivity contribution in [2.45, 2.75) is 38.5 Å². The highest BCUT2D eigenvalue weighted by Crippen LogP contribution is 2.23. The Balaban J connectivity index is 2.35. The molecule has 1 heteroatoms. The summed E-state index contributed by atoms with van der Waals surface area (Å²) in [5.41, 5.74) is 0. The third kappa shape index (κ3) is 2.78. The molecular weight excluding hydrogens is 140 g/mol. The molecule has 58 valence electrons. The SMILES string of the molecule is CS/C1=C/CCCCCC1. The van der Waals surface area contributed by atoms with Crippen LogP contribution in [0.4, 0.5) is 0 Å². The van der Waals surface area contributed by atoms with Crippen LogP contribution in [0.2, 0.25) is 0 Å². The lowest BCUT2D eigenvalue weighted by Gasteiger charge is -2.07. The van der Waals surface area contributed by atoms with Gasteiger partial charge in [0, 0.05) is 0 Å². The number of rotatable bonds is 1. The zero-order valence-corrected chi connectivity index (χ0v) is 7.54. The molecule has 1 rings (SSSR count). The van der Waals surface area contributed by atoms with E-state index in [-0.39, 0.29) is 0 Å². The van der Waals surface area contributed by atoms with Crippen molar-refractivity contribution in [1.29, 1.82) is 0 Å². The predicted octanol–water partition coefficient (Wildman–Crippen LogP) is 3.59. The van der Waals surface area contributed by atoms with Gasteiger partial charge < -0.3 is 0 Å². The van der Waals surface area contributed by atoms with Crippen molar-refractivity contribution in [3.05, 3.63) is 11.0 Å². The smallest absolute Gasteiger partial charge is 0.0140 e. The Hall–Kier alpha value is 0.0900. The van der Waals surface area contributed by atoms with Gasteiger partial charge in [0.05, 0.1) is 0 Å². The van der Waals surface area contributed by atoms with Crippen LogP contribution in [0.25, 0.3) is 0 Å². The minimum atomic E-state index is 1.32. The molecule has 0 radical (unpaired) electrons. The van der Waals surface area contributed by atoms with E-state index in [0.29, 0.717) is 0 Å². The molecule has 0 atom stereocenters. The van der Waals surface area contributed by atoms with E-state index in [1.807, 2.05) is 11.8 Å². The van der Waals surface area contributed by atoms with Crippen LogP contribution in [0.1, 0.15) is 38.5 Å². The standard InChI is InChI=1S/C9H16S/c1-10-9-7-5-3-2-4-6-8-9/h7H,2-6,8H2,1H3/b9-7+. The molecule has 0 aromatic carbocycles. The second-order valence-corrected chi connectivity index (χ2v) is 3.76. The van der Waals surface area contributed by atoms with Crippen LogP contribution in [-0.2, 0) is 0 Å². The van der Waals surface area contributed by atoms with E-state index in [2.05, 4.69) is 12.3 Å². The Kier molecular flexibility index (Phi) is 3.96. The Morgan fingerprint density at radius 1 is 1.20 bits per heavy atom. The highest BCUT2D eigenvalue weighted by molar-refractivity contribution is 8.02. The van der Waals surface area contributed by atoms with Crippen molar-refractivity contribution >= 4 is 11.8 Å². The van der Waals surface area contributed by atoms with Crippen molar-refractivity contribution in [2.75, 3.05) is 6.26 Å². The fourth-order valence-electron chi connectivity index (χ4n) is 1.35. The van der Waals surface area contributed by atoms with E-state index in [1.165, 1.54) is 38.5 Å². The molecular formula is C9H16S. The molecule has 0 N–H and O–H groups in total. The number of thioether (sulfide) groups is 1. The lowest BCUT2D eigenvalue weighted by Crippen LogP contribution is -1.85. The highest BCUT2D eigenvalue weighted by atomic mass is 32.2. The average Bonchev–Trinajstić information content (AvgIpc) is 1.87. The maximum atomic E-state index is 2.42. The van der Waals surface area contributed by atoms with Crippen molar-refractivity contribution in [3.63, 3.8) is 0 Å². The van der Waals surface area contributed by atoms with Gasteiger partial charge >= 0.3 is 0 Å². The van der Waals surface area contributed by atoms with Crippen molar-refractivity contribution in [1.82, 2.24) is 0 Å². The largest absolute Gasteiger partial charge is 0.134 e. The van der Waals surface area contributed by atoms with E-state index in [1.54, 1.807) is 4.91 Å². The number of hydrogen-bond donors (Lipinski definition) is 0. The lowest BCUT2D eigenvalue weighted by molar-refractivity contribution is 0.635. The van der Waals surface area contributed by atoms with E-state index >= 15 is 0 Å². The average molecular weight is 156 g/mol. The van der Waals surface area contributed by atoms with E-state index in [4.69, 9.17) is 0 Å². The quantitative estimate of drug-likeness (QED) is 0.559. The molecule has 0 saturated heterocycles. The van der Waals surface area contributed by atoms with Crippen LogP contribution in [0, 0.1) is 0 Å². The Morgan fingerprint density at radius 2 is 2.00 bits per heavy atom. The number of hydrogen-bond acceptors (Lipinski definition) is 1. The molecule has 0 aromatic heterocycles. The van der Waals surface area contributed by atoms with Gasteiger partial charge in [-0.15, -0.1) is 11.8 Å². The normalized spacial score (nSPS) is 26.3. The van der Waals surface area contributed by atoms with Crippen LogP contribution in [0.5, 0.6) is 0 Å². The van der Waals surface area contributed by atoms with Crippen LogP contribution < -0.4 is 0 Å². The zero-order chi connectivity index (χ0) is 7.23. The van der Waals surface area contributed by atoms with Crippen LogP contribution in [0.15, 0.2) is 11.0 Å². The maximum Gasteiger partial charge on any atom is -0.0140 e. The first-order chi connectivity index (χ1) is 4.93. The summed E-state index contributed by atoms with van der Waals surface area (Å²) >= 11 is 1.93. The second kappa shape index (κ2) is 4.84. The van der Waals surface area contributed by atoms with Gasteiger partial charge in [-0.05, 0) is 36.8 Å². The molecule has 1 aliphatic carbocycles. The summed E-state index contributed by atoms with van der Waals surface area (Å²) < 4.78 is 0. The van der Waals surface area contributed by atoms with Gasteiger partial charge in [0.2, 0.25) is 0 Å². The van der Waals surface area contributed by atoms with Gasteiger partial charge in [0.15, 0.2) is 0 Å². The van der Waals surface area contributed by atoms with E-state index in [0.717, 1.165) is 0 Å². The summed E-state index contributed by atoms with van der Waals surface area (Å²) in [6.45, 7) is 0. The fraction of sp³-hybridized carbons (Fsp3) is 0.778. The summed E-state index contributed by atoms with van der Waals surface area (Å²) in [6.07, 6.45) is 13.0. The monoisotopic (exact) mass is 156 g/mol. The Bertz CT molecular complexity index is 116. The fourth-order valence-corrected chi connectivity index (χ4v) is 1.98. The van der Waals surface area contributed by atoms with Gasteiger partial charge in [-0.3, -0.25) is 0 Å². The molecule has 0 bridgehead atoms. The molecule has 0 unspecified atom stereocenters. The minimum Gasteiger partial charge on any atom is -0.134 e. The molecule has 1 aliphatic rings. The van der Waals surface area contributed by atoms with Crippen molar-refractivity contribution in [2.24, 2.45) is 0 Å². The third-order valence-corrected chi connectivity index (χ3v) is 2.91. The zero-order valence-electron chi connectivity index (χ0n) is 6.73. The van der Waals surface area contributed by atoms with Gasteiger partial charge in [0.1, 0.15) is 0 Å². The van der Waals surface area contributed by atoms with E-state index < -0.39 is 0 Å². The summed E-state index contributed by atoms with van der Waals surface area (Å²) in [7, 11) is 0. The Morgan fingerprint density at radius 3 is 2.80 bits per heavy atom. The summed E-state index contributed by atoms with van der Waals surface area (Å²) in [6, 6.07) is 0. The molecule has 0 aromatic rings. The summed E-state index contributed by atoms with van der Waals surface area (Å²) in [5, 5.41) is 0. The van der Waals surface area contributed by atoms with Crippen molar-refractivity contribution in [3.8, 4) is 0 Å². The summed E-state index contributed by atoms with van der Waals surface area (Å²) in [4.78, 5) is 1.61.